The van der Waals surface area contributed by atoms with E-state index in [1.807, 2.05) is 24.3 Å². The summed E-state index contributed by atoms with van der Waals surface area (Å²) in [5.41, 5.74) is 8.30. The minimum atomic E-state index is -5.08. The molecule has 1 amide bonds. The number of amides is 1. The first-order chi connectivity index (χ1) is 15.5. The van der Waals surface area contributed by atoms with E-state index in [0.29, 0.717) is 6.54 Å². The topological polar surface area (TPSA) is 95.1 Å². The van der Waals surface area contributed by atoms with Gasteiger partial charge in [0.2, 0.25) is 0 Å². The number of rotatable bonds is 3. The standard InChI is InChI=1S/C22H21N3O.C2HF3O2/c1-14-9-15(2)11-16(10-14)3-4-18-12-17(5-7-23-18)21-13-19-20(25-21)6-8-24-22(19)26;3-2(4,5)1(6)7/h3-5,7,9-13,25H,6,8H2,1-2H3,(H,24,26);(H,6,7)/b4-3+;. The van der Waals surface area contributed by atoms with Crippen LogP contribution in [0.2, 0.25) is 0 Å². The third-order valence-corrected chi connectivity index (χ3v) is 4.83. The number of pyridine rings is 1. The minimum absolute atomic E-state index is 0.00209. The predicted molar refractivity (Wildman–Crippen MR) is 119 cm³/mol. The van der Waals surface area contributed by atoms with Gasteiger partial charge in [0.05, 0.1) is 11.3 Å². The highest BCUT2D eigenvalue weighted by atomic mass is 19.4. The van der Waals surface area contributed by atoms with Gasteiger partial charge in [-0.3, -0.25) is 9.78 Å². The van der Waals surface area contributed by atoms with E-state index in [9.17, 15) is 18.0 Å². The monoisotopic (exact) mass is 457 g/mol. The molecule has 0 unspecified atom stereocenters. The van der Waals surface area contributed by atoms with Crippen molar-refractivity contribution in [2.75, 3.05) is 6.54 Å². The van der Waals surface area contributed by atoms with Crippen LogP contribution in [0.4, 0.5) is 13.2 Å². The van der Waals surface area contributed by atoms with E-state index >= 15 is 0 Å². The van der Waals surface area contributed by atoms with Gasteiger partial charge in [-0.2, -0.15) is 13.2 Å². The molecule has 3 aromatic rings. The molecule has 0 saturated heterocycles. The third-order valence-electron chi connectivity index (χ3n) is 4.83. The normalized spacial score (nSPS) is 13.2. The van der Waals surface area contributed by atoms with Crippen LogP contribution in [0.25, 0.3) is 23.4 Å². The van der Waals surface area contributed by atoms with Crippen LogP contribution >= 0.6 is 0 Å². The first-order valence-electron chi connectivity index (χ1n) is 10.1. The molecule has 1 aliphatic heterocycles. The maximum atomic E-state index is 12.0. The van der Waals surface area contributed by atoms with E-state index in [0.717, 1.165) is 34.6 Å². The average Bonchev–Trinajstić information content (AvgIpc) is 3.18. The summed E-state index contributed by atoms with van der Waals surface area (Å²) in [5, 5.41) is 10.0. The maximum absolute atomic E-state index is 12.0. The summed E-state index contributed by atoms with van der Waals surface area (Å²) in [5.74, 6) is -2.76. The van der Waals surface area contributed by atoms with Crippen molar-refractivity contribution in [3.8, 4) is 11.3 Å². The molecule has 33 heavy (non-hydrogen) atoms. The first kappa shape index (κ1) is 23.8. The third kappa shape index (κ3) is 6.31. The number of hydrogen-bond acceptors (Lipinski definition) is 3. The molecule has 3 heterocycles. The van der Waals surface area contributed by atoms with Crippen molar-refractivity contribution in [3.05, 3.63) is 76.2 Å². The van der Waals surface area contributed by atoms with Gasteiger partial charge in [-0.05, 0) is 43.7 Å². The summed E-state index contributed by atoms with van der Waals surface area (Å²) >= 11 is 0. The Morgan fingerprint density at radius 3 is 2.36 bits per heavy atom. The number of hydrogen-bond donors (Lipinski definition) is 3. The molecule has 0 fully saturated rings. The van der Waals surface area contributed by atoms with E-state index in [4.69, 9.17) is 9.90 Å². The van der Waals surface area contributed by atoms with Crippen molar-refractivity contribution < 1.29 is 27.9 Å². The van der Waals surface area contributed by atoms with Crippen LogP contribution in [0.15, 0.2) is 42.6 Å². The van der Waals surface area contributed by atoms with Gasteiger partial charge in [-0.15, -0.1) is 0 Å². The lowest BCUT2D eigenvalue weighted by atomic mass is 10.1. The molecule has 0 atom stereocenters. The van der Waals surface area contributed by atoms with Crippen molar-refractivity contribution in [1.82, 2.24) is 15.3 Å². The molecule has 9 heteroatoms. The molecule has 3 N–H and O–H groups in total. The summed E-state index contributed by atoms with van der Waals surface area (Å²) in [6, 6.07) is 12.4. The van der Waals surface area contributed by atoms with Gasteiger partial charge in [0.15, 0.2) is 0 Å². The van der Waals surface area contributed by atoms with Gasteiger partial charge >= 0.3 is 12.1 Å². The van der Waals surface area contributed by atoms with Crippen LogP contribution in [-0.4, -0.2) is 39.7 Å². The number of nitrogens with one attached hydrogen (secondary N) is 2. The Kier molecular flexibility index (Phi) is 7.01. The Morgan fingerprint density at radius 1 is 1.09 bits per heavy atom. The highest BCUT2D eigenvalue weighted by Gasteiger charge is 2.38. The number of alkyl halides is 3. The Balaban J connectivity index is 0.000000383. The van der Waals surface area contributed by atoms with Gasteiger partial charge in [-0.25, -0.2) is 4.79 Å². The number of aromatic nitrogens is 2. The molecule has 0 saturated carbocycles. The molecule has 6 nitrogen and oxygen atoms in total. The number of fused-ring (bicyclic) bond motifs is 1. The number of carbonyl (C=O) groups is 2. The van der Waals surface area contributed by atoms with Crippen LogP contribution in [0, 0.1) is 13.8 Å². The Hall–Kier alpha value is -3.88. The fraction of sp³-hybridized carbons (Fsp3) is 0.208. The summed E-state index contributed by atoms with van der Waals surface area (Å²) in [6.07, 6.45) is 1.66. The summed E-state index contributed by atoms with van der Waals surface area (Å²) < 4.78 is 31.7. The highest BCUT2D eigenvalue weighted by Crippen LogP contribution is 2.24. The number of benzene rings is 1. The second-order valence-electron chi connectivity index (χ2n) is 7.61. The predicted octanol–water partition coefficient (Wildman–Crippen LogP) is 4.78. The molecular formula is C24H22F3N3O3. The Labute approximate surface area is 188 Å². The minimum Gasteiger partial charge on any atom is -0.475 e. The van der Waals surface area contributed by atoms with E-state index < -0.39 is 12.1 Å². The van der Waals surface area contributed by atoms with E-state index in [1.54, 1.807) is 6.20 Å². The molecule has 0 bridgehead atoms. The second-order valence-corrected chi connectivity index (χ2v) is 7.61. The molecule has 4 rings (SSSR count). The average molecular weight is 457 g/mol. The summed E-state index contributed by atoms with van der Waals surface area (Å²) in [6.45, 7) is 4.89. The summed E-state index contributed by atoms with van der Waals surface area (Å²) in [4.78, 5) is 28.7. The number of H-pyrrole nitrogens is 1. The van der Waals surface area contributed by atoms with Gasteiger partial charge in [0, 0.05) is 36.1 Å². The zero-order valence-electron chi connectivity index (χ0n) is 18.0. The quantitative estimate of drug-likeness (QED) is 0.527. The molecule has 2 aromatic heterocycles. The van der Waals surface area contributed by atoms with Crippen molar-refractivity contribution in [2.24, 2.45) is 0 Å². The molecule has 0 spiro atoms. The Morgan fingerprint density at radius 2 is 1.76 bits per heavy atom. The van der Waals surface area contributed by atoms with Crippen molar-refractivity contribution in [2.45, 2.75) is 26.4 Å². The SMILES string of the molecule is Cc1cc(C)cc(/C=C/c2cc(-c3cc4c([nH]3)CCNC4=O)ccn2)c1.O=C(O)C(F)(F)F. The lowest BCUT2D eigenvalue weighted by Crippen LogP contribution is -2.31. The number of nitrogens with zero attached hydrogens (tertiary/aromatic N) is 1. The van der Waals surface area contributed by atoms with Gasteiger partial charge in [-0.1, -0.05) is 35.4 Å². The van der Waals surface area contributed by atoms with E-state index in [2.05, 4.69) is 53.4 Å². The zero-order valence-corrected chi connectivity index (χ0v) is 18.0. The molecule has 0 radical (unpaired) electrons. The van der Waals surface area contributed by atoms with Crippen LogP contribution in [-0.2, 0) is 11.2 Å². The first-order valence-corrected chi connectivity index (χ1v) is 10.1. The maximum Gasteiger partial charge on any atom is 0.490 e. The molecule has 1 aliphatic rings. The van der Waals surface area contributed by atoms with Crippen LogP contribution in [0.1, 0.15) is 38.4 Å². The zero-order chi connectivity index (χ0) is 24.2. The fourth-order valence-electron chi connectivity index (χ4n) is 3.44. The van der Waals surface area contributed by atoms with E-state index in [1.165, 1.54) is 16.7 Å². The molecule has 172 valence electrons. The fourth-order valence-corrected chi connectivity index (χ4v) is 3.44. The van der Waals surface area contributed by atoms with Gasteiger partial charge in [0.25, 0.3) is 5.91 Å². The van der Waals surface area contributed by atoms with Crippen molar-refractivity contribution >= 4 is 24.0 Å². The smallest absolute Gasteiger partial charge is 0.475 e. The number of aromatic amines is 1. The number of aliphatic carboxylic acids is 1. The van der Waals surface area contributed by atoms with Gasteiger partial charge < -0.3 is 15.4 Å². The van der Waals surface area contributed by atoms with Crippen LogP contribution in [0.3, 0.4) is 0 Å². The molecular weight excluding hydrogens is 435 g/mol. The summed E-state index contributed by atoms with van der Waals surface area (Å²) in [7, 11) is 0. The Bertz CT molecular complexity index is 1190. The number of carboxylic acids is 1. The second kappa shape index (κ2) is 9.72. The number of carbonyl (C=O) groups excluding carboxylic acids is 1. The highest BCUT2D eigenvalue weighted by molar-refractivity contribution is 5.97. The lowest BCUT2D eigenvalue weighted by molar-refractivity contribution is -0.192. The van der Waals surface area contributed by atoms with Gasteiger partial charge in [0.1, 0.15) is 0 Å². The largest absolute Gasteiger partial charge is 0.490 e. The van der Waals surface area contributed by atoms with E-state index in [-0.39, 0.29) is 5.91 Å². The number of aryl methyl sites for hydroxylation is 2. The van der Waals surface area contributed by atoms with Crippen molar-refractivity contribution in [1.29, 1.82) is 0 Å². The lowest BCUT2D eigenvalue weighted by Gasteiger charge is -2.10. The molecule has 1 aromatic carbocycles. The van der Waals surface area contributed by atoms with Crippen LogP contribution < -0.4 is 5.32 Å². The van der Waals surface area contributed by atoms with Crippen LogP contribution in [0.5, 0.6) is 0 Å². The number of halogens is 3. The van der Waals surface area contributed by atoms with Crippen molar-refractivity contribution in [3.63, 3.8) is 0 Å². The number of carboxylic acid groups (broad SMARTS) is 1. The molecule has 0 aliphatic carbocycles.